The molecule has 0 N–H and O–H groups in total. The number of benzene rings is 3. The van der Waals surface area contributed by atoms with Gasteiger partial charge in [-0.25, -0.2) is 0 Å². The predicted octanol–water partition coefficient (Wildman–Crippen LogP) is 4.47. The molecule has 130 valence electrons. The average molecular weight is 371 g/mol. The Labute approximate surface area is 163 Å². The Balaban J connectivity index is 1.73. The van der Waals surface area contributed by atoms with Gasteiger partial charge >= 0.3 is 0 Å². The highest BCUT2D eigenvalue weighted by Crippen LogP contribution is 2.48. The average Bonchev–Trinajstić information content (AvgIpc) is 2.66. The van der Waals surface area contributed by atoms with Crippen LogP contribution in [0.1, 0.15) is 6.92 Å². The van der Waals surface area contributed by atoms with Crippen molar-refractivity contribution >= 4 is 40.0 Å². The number of ether oxygens (including phenoxy) is 2. The van der Waals surface area contributed by atoms with E-state index in [1.807, 2.05) is 18.2 Å². The fourth-order valence-corrected chi connectivity index (χ4v) is 5.08. The van der Waals surface area contributed by atoms with Crippen LogP contribution in [0.4, 0.5) is 0 Å². The third-order valence-corrected chi connectivity index (χ3v) is 6.29. The summed E-state index contributed by atoms with van der Waals surface area (Å²) in [5.41, 5.74) is 1.94. The summed E-state index contributed by atoms with van der Waals surface area (Å²) in [5, 5.41) is 3.15. The molecule has 0 bridgehead atoms. The molecule has 2 nitrogen and oxygen atoms in total. The van der Waals surface area contributed by atoms with Crippen LogP contribution in [0.5, 0.6) is 11.5 Å². The van der Waals surface area contributed by atoms with E-state index in [-0.39, 0.29) is 12.5 Å². The molecule has 2 aliphatic heterocycles. The smallest absolute Gasteiger partial charge is 0.235 e. The highest BCUT2D eigenvalue weighted by Gasteiger charge is 2.55. The summed E-state index contributed by atoms with van der Waals surface area (Å²) in [7, 11) is 0. The van der Waals surface area contributed by atoms with Crippen molar-refractivity contribution < 1.29 is 9.47 Å². The summed E-state index contributed by atoms with van der Waals surface area (Å²) in [4.78, 5) is 0. The Morgan fingerprint density at radius 3 is 2.85 bits per heavy atom. The fraction of sp³-hybridized carbons (Fsp3) is 0.130. The zero-order valence-electron chi connectivity index (χ0n) is 14.8. The monoisotopic (exact) mass is 370 g/mol. The number of hydrogen-bond donors (Lipinski definition) is 0. The lowest BCUT2D eigenvalue weighted by molar-refractivity contribution is 0.120. The van der Waals surface area contributed by atoms with Gasteiger partial charge in [-0.2, -0.15) is 0 Å². The molecule has 6 rings (SSSR count). The standard InChI is InChI=1S/C23H16BClO2/c1-23-12-4-7-19-22(23)24(17-10-9-15(25)13-20(17)27-23)21-16-6-3-2-5-14(16)8-11-18(21)26-19/h2-13,22H,1H3. The molecule has 0 spiro atoms. The number of hydrogen-bond acceptors (Lipinski definition) is 2. The van der Waals surface area contributed by atoms with Gasteiger partial charge in [0.15, 0.2) is 0 Å². The highest BCUT2D eigenvalue weighted by atomic mass is 35.5. The van der Waals surface area contributed by atoms with Crippen LogP contribution in [0.15, 0.2) is 78.6 Å². The van der Waals surface area contributed by atoms with E-state index in [1.54, 1.807) is 0 Å². The van der Waals surface area contributed by atoms with Gasteiger partial charge in [0.25, 0.3) is 0 Å². The number of halogens is 1. The van der Waals surface area contributed by atoms with Gasteiger partial charge in [-0.1, -0.05) is 54.1 Å². The molecule has 0 amide bonds. The molecule has 2 heterocycles. The van der Waals surface area contributed by atoms with Gasteiger partial charge in [-0.3, -0.25) is 0 Å². The molecule has 2 atom stereocenters. The van der Waals surface area contributed by atoms with E-state index < -0.39 is 5.60 Å². The number of rotatable bonds is 0. The summed E-state index contributed by atoms with van der Waals surface area (Å²) in [5.74, 6) is 2.85. The normalized spacial score (nSPS) is 24.3. The van der Waals surface area contributed by atoms with Gasteiger partial charge in [0.05, 0.1) is 0 Å². The van der Waals surface area contributed by atoms with E-state index in [4.69, 9.17) is 21.1 Å². The molecule has 3 aromatic rings. The van der Waals surface area contributed by atoms with Crippen LogP contribution in [0, 0.1) is 0 Å². The van der Waals surface area contributed by atoms with E-state index in [2.05, 4.69) is 61.5 Å². The van der Waals surface area contributed by atoms with Crippen LogP contribution in [-0.2, 0) is 0 Å². The summed E-state index contributed by atoms with van der Waals surface area (Å²) in [6.07, 6.45) is 6.24. The second-order valence-electron chi connectivity index (χ2n) is 7.65. The molecule has 1 aliphatic carbocycles. The Hall–Kier alpha value is -2.65. The van der Waals surface area contributed by atoms with E-state index in [1.165, 1.54) is 21.7 Å². The van der Waals surface area contributed by atoms with Gasteiger partial charge in [0.2, 0.25) is 6.71 Å². The SMILES string of the molecule is CC12C=CC=C3Oc4ccc5ccccc5c4B(c4ccc(Cl)cc4O1)C32. The van der Waals surface area contributed by atoms with Crippen LogP contribution < -0.4 is 20.4 Å². The Bertz CT molecular complexity index is 1180. The van der Waals surface area contributed by atoms with E-state index in [0.29, 0.717) is 5.02 Å². The summed E-state index contributed by atoms with van der Waals surface area (Å²) >= 11 is 6.29. The predicted molar refractivity (Wildman–Crippen MR) is 111 cm³/mol. The Kier molecular flexibility index (Phi) is 2.97. The first-order chi connectivity index (χ1) is 13.1. The second kappa shape index (κ2) is 5.20. The summed E-state index contributed by atoms with van der Waals surface area (Å²) in [6.45, 7) is 2.29. The quantitative estimate of drug-likeness (QED) is 0.544. The van der Waals surface area contributed by atoms with Crippen molar-refractivity contribution in [2.45, 2.75) is 18.3 Å². The minimum Gasteiger partial charge on any atom is -0.484 e. The van der Waals surface area contributed by atoms with Gasteiger partial charge in [0.1, 0.15) is 22.9 Å². The topological polar surface area (TPSA) is 18.5 Å². The van der Waals surface area contributed by atoms with Crippen molar-refractivity contribution in [2.24, 2.45) is 0 Å². The Morgan fingerprint density at radius 2 is 1.93 bits per heavy atom. The van der Waals surface area contributed by atoms with E-state index in [9.17, 15) is 0 Å². The summed E-state index contributed by atoms with van der Waals surface area (Å²) < 4.78 is 12.9. The molecule has 0 aromatic heterocycles. The highest BCUT2D eigenvalue weighted by molar-refractivity contribution is 6.90. The molecule has 0 radical (unpaired) electrons. The van der Waals surface area contributed by atoms with Crippen molar-refractivity contribution in [3.05, 3.63) is 83.6 Å². The van der Waals surface area contributed by atoms with Gasteiger partial charge in [0, 0.05) is 10.8 Å². The van der Waals surface area contributed by atoms with Crippen LogP contribution in [-0.4, -0.2) is 12.3 Å². The molecule has 3 aliphatic rings. The zero-order chi connectivity index (χ0) is 18.2. The maximum absolute atomic E-state index is 6.48. The van der Waals surface area contributed by atoms with Gasteiger partial charge < -0.3 is 9.47 Å². The van der Waals surface area contributed by atoms with Crippen LogP contribution in [0.3, 0.4) is 0 Å². The third-order valence-electron chi connectivity index (χ3n) is 6.06. The minimum absolute atomic E-state index is 0.0921. The first-order valence-corrected chi connectivity index (χ1v) is 9.59. The first kappa shape index (κ1) is 15.4. The minimum atomic E-state index is -0.471. The molecule has 2 unspecified atom stereocenters. The van der Waals surface area contributed by atoms with Crippen molar-refractivity contribution in [2.75, 3.05) is 0 Å². The van der Waals surface area contributed by atoms with Gasteiger partial charge in [-0.15, -0.1) is 0 Å². The van der Waals surface area contributed by atoms with E-state index >= 15 is 0 Å². The van der Waals surface area contributed by atoms with Crippen LogP contribution in [0.25, 0.3) is 10.8 Å². The molecule has 0 saturated heterocycles. The van der Waals surface area contributed by atoms with Crippen molar-refractivity contribution in [3.8, 4) is 11.5 Å². The maximum Gasteiger partial charge on any atom is 0.235 e. The zero-order valence-corrected chi connectivity index (χ0v) is 15.5. The van der Waals surface area contributed by atoms with E-state index in [0.717, 1.165) is 17.3 Å². The largest absolute Gasteiger partial charge is 0.484 e. The van der Waals surface area contributed by atoms with Crippen molar-refractivity contribution in [1.29, 1.82) is 0 Å². The molecule has 3 aromatic carbocycles. The van der Waals surface area contributed by atoms with Crippen LogP contribution >= 0.6 is 11.6 Å². The lowest BCUT2D eigenvalue weighted by Gasteiger charge is -2.48. The lowest BCUT2D eigenvalue weighted by Crippen LogP contribution is -2.62. The number of allylic oxidation sites excluding steroid dienone is 2. The second-order valence-corrected chi connectivity index (χ2v) is 8.09. The van der Waals surface area contributed by atoms with Crippen LogP contribution in [0.2, 0.25) is 10.8 Å². The van der Waals surface area contributed by atoms with Crippen molar-refractivity contribution in [3.63, 3.8) is 0 Å². The number of fused-ring (bicyclic) bond motifs is 6. The fourth-order valence-electron chi connectivity index (χ4n) is 4.92. The first-order valence-electron chi connectivity index (χ1n) is 9.21. The summed E-state index contributed by atoms with van der Waals surface area (Å²) in [6, 6.07) is 18.7. The van der Waals surface area contributed by atoms with Gasteiger partial charge in [-0.05, 0) is 59.0 Å². The maximum atomic E-state index is 6.48. The van der Waals surface area contributed by atoms with Crippen molar-refractivity contribution in [1.82, 2.24) is 0 Å². The molecule has 0 saturated carbocycles. The lowest BCUT2D eigenvalue weighted by atomic mass is 9.28. The molecule has 27 heavy (non-hydrogen) atoms. The molecule has 0 fully saturated rings. The molecular weight excluding hydrogens is 355 g/mol. The molecular formula is C23H16BClO2. The third kappa shape index (κ3) is 2.03. The molecule has 4 heteroatoms. The Morgan fingerprint density at radius 1 is 1.04 bits per heavy atom.